The predicted octanol–water partition coefficient (Wildman–Crippen LogP) is 4.53. The van der Waals surface area contributed by atoms with Gasteiger partial charge in [-0.25, -0.2) is 0 Å². The van der Waals surface area contributed by atoms with Crippen molar-refractivity contribution < 1.29 is 30.7 Å². The first-order chi connectivity index (χ1) is 12.7. The number of rotatable bonds is 2. The fourth-order valence-corrected chi connectivity index (χ4v) is 2.44. The zero-order valence-electron chi connectivity index (χ0n) is 14.6. The molecule has 4 heteroatoms. The van der Waals surface area contributed by atoms with E-state index in [1.165, 1.54) is 0 Å². The second-order valence-electron chi connectivity index (χ2n) is 5.58. The molecule has 0 saturated heterocycles. The van der Waals surface area contributed by atoms with E-state index in [4.69, 9.17) is 5.11 Å². The third-order valence-corrected chi connectivity index (χ3v) is 3.71. The number of phenolic OH excluding ortho intramolecular Hbond substituents is 1. The summed E-state index contributed by atoms with van der Waals surface area (Å²) in [5.74, 6) is 0.322. The summed E-state index contributed by atoms with van der Waals surface area (Å²) < 4.78 is 1.84. The SMILES string of the molecule is Oc1ccccc1.[CH2-][n+]1ccccc1-c1[c-]c(-c2ccccn2)ccc1.[Pt+2]. The van der Waals surface area contributed by atoms with Crippen LogP contribution in [0.4, 0.5) is 0 Å². The Morgan fingerprint density at radius 3 is 2.11 bits per heavy atom. The zero-order chi connectivity index (χ0) is 18.2. The van der Waals surface area contributed by atoms with Crippen molar-refractivity contribution in [1.29, 1.82) is 0 Å². The van der Waals surface area contributed by atoms with Crippen molar-refractivity contribution in [2.45, 2.75) is 0 Å². The van der Waals surface area contributed by atoms with Gasteiger partial charge in [0.25, 0.3) is 0 Å². The maximum atomic E-state index is 8.63. The van der Waals surface area contributed by atoms with Gasteiger partial charge in [-0.15, -0.1) is 24.3 Å². The van der Waals surface area contributed by atoms with Gasteiger partial charge in [0.15, 0.2) is 0 Å². The van der Waals surface area contributed by atoms with E-state index in [-0.39, 0.29) is 21.1 Å². The fourth-order valence-electron chi connectivity index (χ4n) is 2.44. The van der Waals surface area contributed by atoms with Crippen molar-refractivity contribution in [2.24, 2.45) is 0 Å². The minimum absolute atomic E-state index is 0. The molecule has 27 heavy (non-hydrogen) atoms. The molecule has 0 bridgehead atoms. The Labute approximate surface area is 174 Å². The van der Waals surface area contributed by atoms with E-state index in [2.05, 4.69) is 18.1 Å². The summed E-state index contributed by atoms with van der Waals surface area (Å²) in [6, 6.07) is 30.0. The molecule has 0 aliphatic heterocycles. The third-order valence-electron chi connectivity index (χ3n) is 3.71. The van der Waals surface area contributed by atoms with Crippen LogP contribution in [0.5, 0.6) is 5.75 Å². The smallest absolute Gasteiger partial charge is 0.508 e. The molecule has 0 atom stereocenters. The quantitative estimate of drug-likeness (QED) is 0.303. The molecule has 3 nitrogen and oxygen atoms in total. The maximum absolute atomic E-state index is 8.63. The molecule has 2 aromatic carbocycles. The Morgan fingerprint density at radius 2 is 1.48 bits per heavy atom. The van der Waals surface area contributed by atoms with Crippen LogP contribution in [0.3, 0.4) is 0 Å². The molecule has 2 aromatic heterocycles. The van der Waals surface area contributed by atoms with Crippen LogP contribution in [0, 0.1) is 13.1 Å². The van der Waals surface area contributed by atoms with Crippen LogP contribution in [0.1, 0.15) is 0 Å². The van der Waals surface area contributed by atoms with E-state index >= 15 is 0 Å². The number of para-hydroxylation sites is 1. The molecule has 0 saturated carbocycles. The topological polar surface area (TPSA) is 37.0 Å². The molecule has 2 heterocycles. The molecule has 1 N–H and O–H groups in total. The minimum Gasteiger partial charge on any atom is -0.508 e. The van der Waals surface area contributed by atoms with Crippen LogP contribution in [0.15, 0.2) is 97.3 Å². The molecule has 0 spiro atoms. The van der Waals surface area contributed by atoms with Gasteiger partial charge >= 0.3 is 21.1 Å². The summed E-state index contributed by atoms with van der Waals surface area (Å²) in [6.07, 6.45) is 3.72. The summed E-state index contributed by atoms with van der Waals surface area (Å²) >= 11 is 0. The normalized spacial score (nSPS) is 9.48. The number of aromatic nitrogens is 2. The maximum Gasteiger partial charge on any atom is 2.00 e. The third kappa shape index (κ3) is 5.80. The van der Waals surface area contributed by atoms with Crippen molar-refractivity contribution in [3.63, 3.8) is 0 Å². The van der Waals surface area contributed by atoms with Gasteiger partial charge in [0.1, 0.15) is 11.4 Å². The van der Waals surface area contributed by atoms with E-state index in [0.717, 1.165) is 22.5 Å². The molecule has 0 amide bonds. The van der Waals surface area contributed by atoms with Crippen LogP contribution >= 0.6 is 0 Å². The summed E-state index contributed by atoms with van der Waals surface area (Å²) in [7, 11) is 3.98. The number of phenols is 1. The van der Waals surface area contributed by atoms with Gasteiger partial charge < -0.3 is 9.67 Å². The van der Waals surface area contributed by atoms with Crippen LogP contribution in [0.2, 0.25) is 0 Å². The molecular formula is C23H19N2OPt+. The minimum atomic E-state index is 0. The van der Waals surface area contributed by atoms with E-state index in [9.17, 15) is 0 Å². The van der Waals surface area contributed by atoms with Gasteiger partial charge in [0, 0.05) is 18.9 Å². The van der Waals surface area contributed by atoms with Crippen molar-refractivity contribution in [2.75, 3.05) is 0 Å². The summed E-state index contributed by atoms with van der Waals surface area (Å²) in [4.78, 5) is 4.35. The molecule has 4 rings (SSSR count). The van der Waals surface area contributed by atoms with Crippen LogP contribution in [-0.2, 0) is 21.1 Å². The number of pyridine rings is 2. The first-order valence-electron chi connectivity index (χ1n) is 8.24. The molecule has 0 aliphatic rings. The largest absolute Gasteiger partial charge is 2.00 e. The van der Waals surface area contributed by atoms with Crippen molar-refractivity contribution in [1.82, 2.24) is 4.98 Å². The van der Waals surface area contributed by atoms with Crippen LogP contribution in [0.25, 0.3) is 22.5 Å². The zero-order valence-corrected chi connectivity index (χ0v) is 16.9. The van der Waals surface area contributed by atoms with Gasteiger partial charge in [0.05, 0.1) is 6.20 Å². The van der Waals surface area contributed by atoms with Gasteiger partial charge in [-0.1, -0.05) is 53.6 Å². The number of benzene rings is 2. The summed E-state index contributed by atoms with van der Waals surface area (Å²) in [5.41, 5.74) is 3.96. The molecule has 136 valence electrons. The summed E-state index contributed by atoms with van der Waals surface area (Å²) in [5, 5.41) is 8.63. The van der Waals surface area contributed by atoms with Crippen LogP contribution < -0.4 is 4.57 Å². The van der Waals surface area contributed by atoms with E-state index < -0.39 is 0 Å². The number of hydrogen-bond donors (Lipinski definition) is 1. The van der Waals surface area contributed by atoms with Gasteiger partial charge in [-0.2, -0.15) is 0 Å². The molecule has 0 radical (unpaired) electrons. The average molecular weight is 534 g/mol. The summed E-state index contributed by atoms with van der Waals surface area (Å²) in [6.45, 7) is 0. The van der Waals surface area contributed by atoms with Gasteiger partial charge in [0.2, 0.25) is 0 Å². The number of aromatic hydroxyl groups is 1. The standard InChI is InChI=1S/C17H13N2.C6H6O.Pt/c1-19-12-5-3-10-17(19)15-8-6-7-14(13-15)16-9-2-4-11-18-16;7-6-4-2-1-3-5-6;/h2-12H,1H2;1-5,7H;/q-1;;+2. The Morgan fingerprint density at radius 1 is 0.778 bits per heavy atom. The number of nitrogens with zero attached hydrogens (tertiary/aromatic N) is 2. The second kappa shape index (κ2) is 10.3. The Kier molecular flexibility index (Phi) is 7.78. The van der Waals surface area contributed by atoms with Crippen molar-refractivity contribution in [3.05, 3.63) is 110 Å². The Bertz CT molecular complexity index is 960. The van der Waals surface area contributed by atoms with E-state index in [0.29, 0.717) is 5.75 Å². The van der Waals surface area contributed by atoms with Crippen LogP contribution in [-0.4, -0.2) is 10.1 Å². The monoisotopic (exact) mass is 534 g/mol. The predicted molar refractivity (Wildman–Crippen MR) is 103 cm³/mol. The molecule has 0 fully saturated rings. The van der Waals surface area contributed by atoms with Crippen molar-refractivity contribution >= 4 is 0 Å². The second-order valence-corrected chi connectivity index (χ2v) is 5.58. The van der Waals surface area contributed by atoms with Crippen molar-refractivity contribution in [3.8, 4) is 28.3 Å². The van der Waals surface area contributed by atoms with E-state index in [1.54, 1.807) is 30.5 Å². The first-order valence-corrected chi connectivity index (χ1v) is 8.24. The Balaban J connectivity index is 0.000000278. The molecule has 0 aliphatic carbocycles. The van der Waals surface area contributed by atoms with E-state index in [1.807, 2.05) is 71.4 Å². The molecule has 0 unspecified atom stereocenters. The fraction of sp³-hybridized carbons (Fsp3) is 0. The average Bonchev–Trinajstić information content (AvgIpc) is 2.70. The Hall–Kier alpha value is -2.90. The van der Waals surface area contributed by atoms with Gasteiger partial charge in [-0.3, -0.25) is 4.98 Å². The molecule has 4 aromatic rings. The number of hydrogen-bond acceptors (Lipinski definition) is 2. The van der Waals surface area contributed by atoms with Gasteiger partial charge in [-0.05, 0) is 24.3 Å². The molecular weight excluding hydrogens is 515 g/mol. The first kappa shape index (κ1) is 20.4.